The second-order valence-electron chi connectivity index (χ2n) is 2.85. The van der Waals surface area contributed by atoms with Crippen LogP contribution in [0.25, 0.3) is 10.1 Å². The lowest BCUT2D eigenvalue weighted by atomic mass is 10.2. The maximum Gasteiger partial charge on any atom is 0.0398 e. The molecule has 0 saturated carbocycles. The maximum atomic E-state index is 3.66. The van der Waals surface area contributed by atoms with Gasteiger partial charge in [-0.05, 0) is 45.3 Å². The topological polar surface area (TPSA) is 0 Å². The Hall–Kier alpha value is 0.490. The van der Waals surface area contributed by atoms with E-state index in [9.17, 15) is 0 Å². The molecule has 0 atom stereocenters. The zero-order chi connectivity index (χ0) is 10.1. The second-order valence-corrected chi connectivity index (χ2v) is 5.97. The van der Waals surface area contributed by atoms with Crippen LogP contribution >= 0.6 is 55.0 Å². The lowest BCUT2D eigenvalue weighted by molar-refractivity contribution is 1.38. The SMILES string of the molecule is CSc1cc(CBr)c2sccc2c1Br. The number of halogens is 2. The molecule has 0 amide bonds. The van der Waals surface area contributed by atoms with E-state index in [2.05, 4.69) is 55.6 Å². The number of thiophene rings is 1. The molecule has 0 aliphatic carbocycles. The lowest BCUT2D eigenvalue weighted by Gasteiger charge is -2.06. The van der Waals surface area contributed by atoms with Gasteiger partial charge in [-0.1, -0.05) is 15.9 Å². The van der Waals surface area contributed by atoms with Gasteiger partial charge in [0.2, 0.25) is 0 Å². The van der Waals surface area contributed by atoms with E-state index in [0.717, 1.165) is 5.33 Å². The molecule has 1 heterocycles. The summed E-state index contributed by atoms with van der Waals surface area (Å²) in [6, 6.07) is 4.43. The van der Waals surface area contributed by atoms with E-state index < -0.39 is 0 Å². The van der Waals surface area contributed by atoms with E-state index in [4.69, 9.17) is 0 Å². The third-order valence-corrected chi connectivity index (χ3v) is 5.55. The number of hydrogen-bond acceptors (Lipinski definition) is 2. The number of rotatable bonds is 2. The van der Waals surface area contributed by atoms with Gasteiger partial charge >= 0.3 is 0 Å². The molecule has 2 rings (SSSR count). The molecule has 74 valence electrons. The average molecular weight is 352 g/mol. The van der Waals surface area contributed by atoms with Crippen LogP contribution in [0.5, 0.6) is 0 Å². The number of alkyl halides is 1. The molecular formula is C10H8Br2S2. The van der Waals surface area contributed by atoms with Crippen LogP contribution < -0.4 is 0 Å². The summed E-state index contributed by atoms with van der Waals surface area (Å²) in [5, 5.41) is 4.40. The largest absolute Gasteiger partial charge is 0.143 e. The van der Waals surface area contributed by atoms with E-state index in [1.807, 2.05) is 0 Å². The molecule has 0 nitrogen and oxygen atoms in total. The Morgan fingerprint density at radius 3 is 2.93 bits per heavy atom. The summed E-state index contributed by atoms with van der Waals surface area (Å²) >= 11 is 10.8. The lowest BCUT2D eigenvalue weighted by Crippen LogP contribution is -1.82. The van der Waals surface area contributed by atoms with Crippen molar-refractivity contribution in [3.05, 3.63) is 27.5 Å². The van der Waals surface area contributed by atoms with Crippen molar-refractivity contribution in [2.24, 2.45) is 0 Å². The highest BCUT2D eigenvalue weighted by Crippen LogP contribution is 2.38. The third kappa shape index (κ3) is 1.77. The van der Waals surface area contributed by atoms with Crippen LogP contribution in [-0.4, -0.2) is 6.26 Å². The molecule has 0 fully saturated rings. The molecule has 0 N–H and O–H groups in total. The van der Waals surface area contributed by atoms with Crippen molar-refractivity contribution < 1.29 is 0 Å². The molecule has 0 bridgehead atoms. The van der Waals surface area contributed by atoms with Crippen LogP contribution in [0.2, 0.25) is 0 Å². The monoisotopic (exact) mass is 350 g/mol. The van der Waals surface area contributed by atoms with Gasteiger partial charge in [-0.3, -0.25) is 0 Å². The number of thioether (sulfide) groups is 1. The van der Waals surface area contributed by atoms with E-state index in [0.29, 0.717) is 0 Å². The van der Waals surface area contributed by atoms with Gasteiger partial charge in [0.25, 0.3) is 0 Å². The molecule has 0 radical (unpaired) electrons. The normalized spacial score (nSPS) is 11.1. The summed E-state index contributed by atoms with van der Waals surface area (Å²) in [4.78, 5) is 1.31. The van der Waals surface area contributed by atoms with Crippen LogP contribution in [0.15, 0.2) is 26.9 Å². The Labute approximate surface area is 108 Å². The second kappa shape index (κ2) is 4.56. The van der Waals surface area contributed by atoms with E-state index >= 15 is 0 Å². The Kier molecular flexibility index (Phi) is 3.58. The molecule has 0 saturated heterocycles. The first-order valence-electron chi connectivity index (χ1n) is 4.06. The standard InChI is InChI=1S/C10H8Br2S2/c1-13-8-4-6(5-11)10-7(9(8)12)2-3-14-10/h2-4H,5H2,1H3. The van der Waals surface area contributed by atoms with E-state index in [-0.39, 0.29) is 0 Å². The molecule has 14 heavy (non-hydrogen) atoms. The Morgan fingerprint density at radius 1 is 1.50 bits per heavy atom. The first-order valence-corrected chi connectivity index (χ1v) is 8.08. The zero-order valence-electron chi connectivity index (χ0n) is 7.51. The van der Waals surface area contributed by atoms with Crippen molar-refractivity contribution in [3.8, 4) is 0 Å². The molecule has 4 heteroatoms. The fourth-order valence-corrected chi connectivity index (χ4v) is 4.56. The van der Waals surface area contributed by atoms with Gasteiger partial charge in [0.15, 0.2) is 0 Å². The molecule has 0 spiro atoms. The van der Waals surface area contributed by atoms with Gasteiger partial charge in [-0.2, -0.15) is 0 Å². The summed E-state index contributed by atoms with van der Waals surface area (Å²) < 4.78 is 2.61. The summed E-state index contributed by atoms with van der Waals surface area (Å²) in [6.07, 6.45) is 2.11. The van der Waals surface area contributed by atoms with Crippen LogP contribution in [0, 0.1) is 0 Å². The molecule has 1 aromatic carbocycles. The Balaban J connectivity index is 2.80. The van der Waals surface area contributed by atoms with Gasteiger partial charge in [-0.15, -0.1) is 23.1 Å². The highest BCUT2D eigenvalue weighted by molar-refractivity contribution is 9.10. The highest BCUT2D eigenvalue weighted by atomic mass is 79.9. The minimum Gasteiger partial charge on any atom is -0.143 e. The van der Waals surface area contributed by atoms with Crippen molar-refractivity contribution in [3.63, 3.8) is 0 Å². The van der Waals surface area contributed by atoms with Crippen molar-refractivity contribution >= 4 is 65.0 Å². The predicted octanol–water partition coefficient (Wildman–Crippen LogP) is 5.28. The van der Waals surface area contributed by atoms with Crippen LogP contribution in [-0.2, 0) is 5.33 Å². The van der Waals surface area contributed by atoms with Gasteiger partial charge in [-0.25, -0.2) is 0 Å². The number of benzene rings is 1. The summed E-state index contributed by atoms with van der Waals surface area (Å²) in [5.41, 5.74) is 1.38. The summed E-state index contributed by atoms with van der Waals surface area (Å²) in [7, 11) is 0. The molecule has 0 aliphatic rings. The average Bonchev–Trinajstić information content (AvgIpc) is 2.68. The first-order chi connectivity index (χ1) is 6.77. The smallest absolute Gasteiger partial charge is 0.0398 e. The quantitative estimate of drug-likeness (QED) is 0.523. The molecule has 2 aromatic rings. The van der Waals surface area contributed by atoms with Crippen molar-refractivity contribution in [1.29, 1.82) is 0 Å². The van der Waals surface area contributed by atoms with Crippen LogP contribution in [0.4, 0.5) is 0 Å². The summed E-state index contributed by atoms with van der Waals surface area (Å²) in [6.45, 7) is 0. The highest BCUT2D eigenvalue weighted by Gasteiger charge is 2.09. The molecular weight excluding hydrogens is 344 g/mol. The molecule has 0 unspecified atom stereocenters. The zero-order valence-corrected chi connectivity index (χ0v) is 12.3. The minimum atomic E-state index is 0.921. The Bertz CT molecular complexity index is 462. The third-order valence-electron chi connectivity index (χ3n) is 2.08. The number of fused-ring (bicyclic) bond motifs is 1. The van der Waals surface area contributed by atoms with Crippen LogP contribution in [0.3, 0.4) is 0 Å². The fourth-order valence-electron chi connectivity index (χ4n) is 1.40. The van der Waals surface area contributed by atoms with Gasteiger partial charge in [0.05, 0.1) is 0 Å². The van der Waals surface area contributed by atoms with Crippen molar-refractivity contribution in [2.75, 3.05) is 6.26 Å². The van der Waals surface area contributed by atoms with Crippen molar-refractivity contribution in [2.45, 2.75) is 10.2 Å². The fraction of sp³-hybridized carbons (Fsp3) is 0.200. The van der Waals surface area contributed by atoms with Gasteiger partial charge in [0.1, 0.15) is 0 Å². The summed E-state index contributed by atoms with van der Waals surface area (Å²) in [5.74, 6) is 0. The van der Waals surface area contributed by atoms with Gasteiger partial charge < -0.3 is 0 Å². The molecule has 1 aromatic heterocycles. The van der Waals surface area contributed by atoms with E-state index in [1.165, 1.54) is 25.0 Å². The van der Waals surface area contributed by atoms with Gasteiger partial charge in [0, 0.05) is 24.8 Å². The van der Waals surface area contributed by atoms with Crippen molar-refractivity contribution in [1.82, 2.24) is 0 Å². The maximum absolute atomic E-state index is 3.66. The first kappa shape index (κ1) is 11.0. The van der Waals surface area contributed by atoms with Crippen LogP contribution in [0.1, 0.15) is 5.56 Å². The minimum absolute atomic E-state index is 0.921. The Morgan fingerprint density at radius 2 is 2.29 bits per heavy atom. The predicted molar refractivity (Wildman–Crippen MR) is 73.9 cm³/mol. The van der Waals surface area contributed by atoms with E-state index in [1.54, 1.807) is 23.1 Å². The molecule has 0 aliphatic heterocycles. The number of hydrogen-bond donors (Lipinski definition) is 0.